The van der Waals surface area contributed by atoms with Crippen molar-refractivity contribution in [2.24, 2.45) is 0 Å². The van der Waals surface area contributed by atoms with Crippen molar-refractivity contribution in [2.45, 2.75) is 26.1 Å². The minimum Gasteiger partial charge on any atom is -0.312 e. The third kappa shape index (κ3) is 4.25. The van der Waals surface area contributed by atoms with Crippen molar-refractivity contribution in [3.05, 3.63) is 40.7 Å². The minimum absolute atomic E-state index is 0.147. The Morgan fingerprint density at radius 1 is 1.24 bits per heavy atom. The van der Waals surface area contributed by atoms with Crippen molar-refractivity contribution < 1.29 is 17.6 Å². The van der Waals surface area contributed by atoms with Gasteiger partial charge < -0.3 is 5.32 Å². The molecule has 1 N–H and O–H groups in total. The van der Waals surface area contributed by atoms with Crippen molar-refractivity contribution in [3.8, 4) is 10.6 Å². The SMILES string of the molecule is CCCNCc1cnc(-c2cc(F)cc(C(F)(F)F)c2)s1. The Morgan fingerprint density at radius 2 is 2.00 bits per heavy atom. The molecule has 21 heavy (non-hydrogen) atoms. The summed E-state index contributed by atoms with van der Waals surface area (Å²) < 4.78 is 51.4. The van der Waals surface area contributed by atoms with Gasteiger partial charge in [0.2, 0.25) is 0 Å². The number of aromatic nitrogens is 1. The second kappa shape index (κ2) is 6.53. The molecule has 0 radical (unpaired) electrons. The highest BCUT2D eigenvalue weighted by molar-refractivity contribution is 7.15. The Labute approximate surface area is 123 Å². The first-order valence-electron chi connectivity index (χ1n) is 6.43. The summed E-state index contributed by atoms with van der Waals surface area (Å²) in [5.74, 6) is -0.916. The van der Waals surface area contributed by atoms with E-state index in [4.69, 9.17) is 0 Å². The first kappa shape index (κ1) is 15.9. The maximum Gasteiger partial charge on any atom is 0.416 e. The summed E-state index contributed by atoms with van der Waals surface area (Å²) in [4.78, 5) is 4.97. The molecule has 2 rings (SSSR count). The van der Waals surface area contributed by atoms with Crippen molar-refractivity contribution in [3.63, 3.8) is 0 Å². The minimum atomic E-state index is -4.57. The van der Waals surface area contributed by atoms with Crippen molar-refractivity contribution in [1.29, 1.82) is 0 Å². The van der Waals surface area contributed by atoms with Crippen LogP contribution in [0.25, 0.3) is 10.6 Å². The van der Waals surface area contributed by atoms with Gasteiger partial charge in [0.25, 0.3) is 0 Å². The van der Waals surface area contributed by atoms with Gasteiger partial charge >= 0.3 is 6.18 Å². The number of halogens is 4. The largest absolute Gasteiger partial charge is 0.416 e. The van der Waals surface area contributed by atoms with E-state index in [-0.39, 0.29) is 5.56 Å². The fourth-order valence-corrected chi connectivity index (χ4v) is 2.66. The smallest absolute Gasteiger partial charge is 0.312 e. The third-order valence-electron chi connectivity index (χ3n) is 2.75. The molecule has 0 atom stereocenters. The van der Waals surface area contributed by atoms with Crippen LogP contribution in [0, 0.1) is 5.82 Å². The van der Waals surface area contributed by atoms with E-state index < -0.39 is 17.6 Å². The number of nitrogens with zero attached hydrogens (tertiary/aromatic N) is 1. The van der Waals surface area contributed by atoms with Gasteiger partial charge in [-0.15, -0.1) is 11.3 Å². The Bertz CT molecular complexity index is 607. The molecular weight excluding hydrogens is 304 g/mol. The highest BCUT2D eigenvalue weighted by atomic mass is 32.1. The zero-order valence-electron chi connectivity index (χ0n) is 11.3. The Balaban J connectivity index is 2.24. The van der Waals surface area contributed by atoms with Gasteiger partial charge in [-0.05, 0) is 31.2 Å². The maximum atomic E-state index is 13.4. The Morgan fingerprint density at radius 3 is 2.67 bits per heavy atom. The van der Waals surface area contributed by atoms with Crippen LogP contribution in [0.1, 0.15) is 23.8 Å². The molecule has 0 bridgehead atoms. The summed E-state index contributed by atoms with van der Waals surface area (Å²) >= 11 is 1.26. The van der Waals surface area contributed by atoms with Gasteiger partial charge in [-0.2, -0.15) is 13.2 Å². The average molecular weight is 318 g/mol. The summed E-state index contributed by atoms with van der Waals surface area (Å²) in [6, 6.07) is 2.48. The van der Waals surface area contributed by atoms with Crippen LogP contribution in [0.4, 0.5) is 17.6 Å². The monoisotopic (exact) mass is 318 g/mol. The lowest BCUT2D eigenvalue weighted by Gasteiger charge is -2.08. The van der Waals surface area contributed by atoms with Crippen LogP contribution in [0.5, 0.6) is 0 Å². The van der Waals surface area contributed by atoms with E-state index in [0.717, 1.165) is 30.0 Å². The van der Waals surface area contributed by atoms with Crippen LogP contribution >= 0.6 is 11.3 Å². The molecular formula is C14H14F4N2S. The fraction of sp³-hybridized carbons (Fsp3) is 0.357. The quantitative estimate of drug-likeness (QED) is 0.650. The van der Waals surface area contributed by atoms with Crippen LogP contribution in [-0.2, 0) is 12.7 Å². The van der Waals surface area contributed by atoms with Gasteiger partial charge in [0.05, 0.1) is 5.56 Å². The lowest BCUT2D eigenvalue weighted by atomic mass is 10.1. The molecule has 0 unspecified atom stereocenters. The van der Waals surface area contributed by atoms with E-state index in [1.54, 1.807) is 6.20 Å². The summed E-state index contributed by atoms with van der Waals surface area (Å²) in [5, 5.41) is 3.56. The number of hydrogen-bond acceptors (Lipinski definition) is 3. The Kier molecular flexibility index (Phi) is 4.95. The van der Waals surface area contributed by atoms with Crippen LogP contribution < -0.4 is 5.32 Å². The predicted octanol–water partition coefficient (Wildman–Crippen LogP) is 4.47. The van der Waals surface area contributed by atoms with Gasteiger partial charge in [-0.25, -0.2) is 9.37 Å². The summed E-state index contributed by atoms with van der Waals surface area (Å²) in [5.41, 5.74) is -0.854. The molecule has 1 aromatic carbocycles. The highest BCUT2D eigenvalue weighted by Gasteiger charge is 2.31. The first-order valence-corrected chi connectivity index (χ1v) is 7.25. The average Bonchev–Trinajstić information content (AvgIpc) is 2.86. The van der Waals surface area contributed by atoms with Crippen LogP contribution in [0.3, 0.4) is 0 Å². The topological polar surface area (TPSA) is 24.9 Å². The zero-order chi connectivity index (χ0) is 15.5. The van der Waals surface area contributed by atoms with Gasteiger partial charge in [-0.3, -0.25) is 0 Å². The molecule has 2 aromatic rings. The molecule has 7 heteroatoms. The fourth-order valence-electron chi connectivity index (χ4n) is 1.79. The first-order chi connectivity index (χ1) is 9.90. The molecule has 0 saturated carbocycles. The maximum absolute atomic E-state index is 13.4. The molecule has 114 valence electrons. The van der Waals surface area contributed by atoms with Gasteiger partial charge in [0.15, 0.2) is 0 Å². The van der Waals surface area contributed by atoms with E-state index in [0.29, 0.717) is 17.6 Å². The van der Waals surface area contributed by atoms with Gasteiger partial charge in [0.1, 0.15) is 10.8 Å². The summed E-state index contributed by atoms with van der Waals surface area (Å²) in [6.07, 6.45) is -1.98. The standard InChI is InChI=1S/C14H14F4N2S/c1-2-3-19-7-12-8-20-13(21-12)9-4-10(14(16,17)18)6-11(15)5-9/h4-6,8,19H,2-3,7H2,1H3. The lowest BCUT2D eigenvalue weighted by Crippen LogP contribution is -2.12. The second-order valence-electron chi connectivity index (χ2n) is 4.53. The molecule has 0 saturated heterocycles. The van der Waals surface area contributed by atoms with E-state index in [1.807, 2.05) is 6.92 Å². The molecule has 0 fully saturated rings. The molecule has 0 spiro atoms. The van der Waals surface area contributed by atoms with Gasteiger partial charge in [-0.1, -0.05) is 6.92 Å². The molecule has 0 aliphatic rings. The van der Waals surface area contributed by atoms with Crippen LogP contribution in [0.15, 0.2) is 24.4 Å². The van der Waals surface area contributed by atoms with E-state index in [9.17, 15) is 17.6 Å². The number of hydrogen-bond donors (Lipinski definition) is 1. The molecule has 1 aromatic heterocycles. The summed E-state index contributed by atoms with van der Waals surface area (Å²) in [6.45, 7) is 3.49. The number of nitrogens with one attached hydrogen (secondary N) is 1. The normalized spacial score (nSPS) is 11.9. The number of rotatable bonds is 5. The van der Waals surface area contributed by atoms with E-state index in [1.165, 1.54) is 11.3 Å². The molecule has 0 aliphatic carbocycles. The zero-order valence-corrected chi connectivity index (χ0v) is 12.1. The lowest BCUT2D eigenvalue weighted by molar-refractivity contribution is -0.137. The molecule has 0 amide bonds. The molecule has 2 nitrogen and oxygen atoms in total. The van der Waals surface area contributed by atoms with Crippen molar-refractivity contribution in [1.82, 2.24) is 10.3 Å². The number of alkyl halides is 3. The van der Waals surface area contributed by atoms with E-state index in [2.05, 4.69) is 10.3 Å². The highest BCUT2D eigenvalue weighted by Crippen LogP contribution is 2.34. The number of thiazole rings is 1. The van der Waals surface area contributed by atoms with Crippen molar-refractivity contribution in [2.75, 3.05) is 6.54 Å². The van der Waals surface area contributed by atoms with Gasteiger partial charge in [0, 0.05) is 23.2 Å². The predicted molar refractivity (Wildman–Crippen MR) is 74.5 cm³/mol. The number of benzene rings is 1. The molecule has 0 aliphatic heterocycles. The van der Waals surface area contributed by atoms with Crippen molar-refractivity contribution >= 4 is 11.3 Å². The van der Waals surface area contributed by atoms with E-state index >= 15 is 0 Å². The van der Waals surface area contributed by atoms with Crippen LogP contribution in [0.2, 0.25) is 0 Å². The molecule has 1 heterocycles. The second-order valence-corrected chi connectivity index (χ2v) is 5.65. The summed E-state index contributed by atoms with van der Waals surface area (Å²) in [7, 11) is 0. The Hall–Kier alpha value is -1.47. The van der Waals surface area contributed by atoms with Crippen LogP contribution in [-0.4, -0.2) is 11.5 Å². The third-order valence-corrected chi connectivity index (χ3v) is 3.80.